The van der Waals surface area contributed by atoms with E-state index in [1.54, 1.807) is 6.07 Å². The smallest absolute Gasteiger partial charge is 0.334 e. The number of hydrogen-bond acceptors (Lipinski definition) is 4. The molecule has 1 unspecified atom stereocenters. The average Bonchev–Trinajstić information content (AvgIpc) is 2.59. The fourth-order valence-electron chi connectivity index (χ4n) is 1.85. The summed E-state index contributed by atoms with van der Waals surface area (Å²) in [5.74, 6) is -2.24. The van der Waals surface area contributed by atoms with Gasteiger partial charge in [-0.3, -0.25) is 14.5 Å². The number of ether oxygens (including phenoxy) is 1. The lowest BCUT2D eigenvalue weighted by Gasteiger charge is -2.18. The van der Waals surface area contributed by atoms with Crippen LogP contribution in [-0.4, -0.2) is 47.5 Å². The quantitative estimate of drug-likeness (QED) is 0.838. The zero-order valence-corrected chi connectivity index (χ0v) is 11.5. The minimum absolute atomic E-state index is 0.264. The van der Waals surface area contributed by atoms with Crippen molar-refractivity contribution < 1.29 is 24.2 Å². The molecule has 1 aliphatic rings. The number of aliphatic carboxylic acids is 1. The molecule has 1 aliphatic heterocycles. The number of benzene rings is 1. The van der Waals surface area contributed by atoms with Gasteiger partial charge in [0.15, 0.2) is 6.10 Å². The molecule has 1 atom stereocenters. The third-order valence-electron chi connectivity index (χ3n) is 2.84. The monoisotopic (exact) mass is 327 g/mol. The van der Waals surface area contributed by atoms with Crippen LogP contribution in [0.1, 0.15) is 20.7 Å². The Morgan fingerprint density at radius 1 is 1.37 bits per heavy atom. The predicted molar refractivity (Wildman–Crippen MR) is 67.9 cm³/mol. The van der Waals surface area contributed by atoms with Gasteiger partial charge in [-0.2, -0.15) is 0 Å². The second-order valence-corrected chi connectivity index (χ2v) is 4.89. The van der Waals surface area contributed by atoms with Crippen molar-refractivity contribution in [2.45, 2.75) is 6.10 Å². The Kier molecular flexibility index (Phi) is 3.68. The number of nitrogens with zero attached hydrogens (tertiary/aromatic N) is 1. The van der Waals surface area contributed by atoms with Crippen LogP contribution >= 0.6 is 15.9 Å². The molecule has 7 heteroatoms. The van der Waals surface area contributed by atoms with E-state index in [1.807, 2.05) is 0 Å². The van der Waals surface area contributed by atoms with Crippen molar-refractivity contribution in [3.8, 4) is 0 Å². The number of methoxy groups -OCH3 is 1. The van der Waals surface area contributed by atoms with Gasteiger partial charge in [0, 0.05) is 11.6 Å². The summed E-state index contributed by atoms with van der Waals surface area (Å²) in [6.45, 7) is -0.310. The Bertz CT molecular complexity index is 571. The molecular formula is C12H10BrNO5. The number of halogens is 1. The van der Waals surface area contributed by atoms with Crippen molar-refractivity contribution in [2.24, 2.45) is 0 Å². The van der Waals surface area contributed by atoms with Crippen LogP contribution in [0.4, 0.5) is 0 Å². The summed E-state index contributed by atoms with van der Waals surface area (Å²) in [4.78, 5) is 35.9. The molecule has 0 aromatic heterocycles. The Morgan fingerprint density at radius 3 is 2.58 bits per heavy atom. The van der Waals surface area contributed by atoms with E-state index in [1.165, 1.54) is 19.2 Å². The van der Waals surface area contributed by atoms with Crippen LogP contribution < -0.4 is 0 Å². The maximum absolute atomic E-state index is 12.1. The van der Waals surface area contributed by atoms with Crippen LogP contribution in [-0.2, 0) is 9.53 Å². The molecule has 100 valence electrons. The van der Waals surface area contributed by atoms with Crippen molar-refractivity contribution in [2.75, 3.05) is 13.7 Å². The highest BCUT2D eigenvalue weighted by Crippen LogP contribution is 2.26. The van der Waals surface area contributed by atoms with Crippen molar-refractivity contribution in [1.82, 2.24) is 4.90 Å². The third-order valence-corrected chi connectivity index (χ3v) is 3.33. The van der Waals surface area contributed by atoms with E-state index in [2.05, 4.69) is 15.9 Å². The summed E-state index contributed by atoms with van der Waals surface area (Å²) in [6, 6.07) is 4.72. The molecule has 0 fully saturated rings. The Balaban J connectivity index is 2.30. The zero-order chi connectivity index (χ0) is 14.2. The minimum atomic E-state index is -1.23. The molecule has 1 aromatic rings. The topological polar surface area (TPSA) is 83.9 Å². The van der Waals surface area contributed by atoms with E-state index in [4.69, 9.17) is 9.84 Å². The lowest BCUT2D eigenvalue weighted by Crippen LogP contribution is -2.41. The normalized spacial score (nSPS) is 15.6. The number of carboxylic acids is 1. The third kappa shape index (κ3) is 2.39. The number of hydrogen-bond donors (Lipinski definition) is 1. The number of imide groups is 1. The largest absolute Gasteiger partial charge is 0.479 e. The highest BCUT2D eigenvalue weighted by atomic mass is 79.9. The second kappa shape index (κ2) is 5.10. The van der Waals surface area contributed by atoms with E-state index < -0.39 is 23.9 Å². The van der Waals surface area contributed by atoms with Crippen LogP contribution in [0, 0.1) is 0 Å². The highest BCUT2D eigenvalue weighted by Gasteiger charge is 2.38. The molecule has 0 aliphatic carbocycles. The molecule has 6 nitrogen and oxygen atoms in total. The molecule has 0 radical (unpaired) electrons. The van der Waals surface area contributed by atoms with Gasteiger partial charge in [0.25, 0.3) is 11.8 Å². The van der Waals surface area contributed by atoms with Crippen molar-refractivity contribution >= 4 is 33.7 Å². The molecule has 19 heavy (non-hydrogen) atoms. The summed E-state index contributed by atoms with van der Waals surface area (Å²) in [5, 5.41) is 8.89. The van der Waals surface area contributed by atoms with Gasteiger partial charge in [0.1, 0.15) is 0 Å². The fraction of sp³-hybridized carbons (Fsp3) is 0.250. The van der Waals surface area contributed by atoms with Gasteiger partial charge in [0.05, 0.1) is 17.7 Å². The number of carbonyl (C=O) groups is 3. The lowest BCUT2D eigenvalue weighted by atomic mass is 10.1. The maximum Gasteiger partial charge on any atom is 0.334 e. The van der Waals surface area contributed by atoms with Crippen molar-refractivity contribution in [3.05, 3.63) is 33.8 Å². The van der Waals surface area contributed by atoms with Crippen molar-refractivity contribution in [3.63, 3.8) is 0 Å². The average molecular weight is 328 g/mol. The van der Waals surface area contributed by atoms with Gasteiger partial charge >= 0.3 is 5.97 Å². The molecule has 2 rings (SSSR count). The Labute approximate surface area is 117 Å². The summed E-state index contributed by atoms with van der Waals surface area (Å²) < 4.78 is 5.41. The fourth-order valence-corrected chi connectivity index (χ4v) is 2.21. The van der Waals surface area contributed by atoms with E-state index in [9.17, 15) is 14.4 Å². The summed E-state index contributed by atoms with van der Waals surface area (Å²) in [5.41, 5.74) is 0.535. The van der Waals surface area contributed by atoms with E-state index in [-0.39, 0.29) is 17.7 Å². The van der Waals surface area contributed by atoms with Gasteiger partial charge in [-0.25, -0.2) is 4.79 Å². The Morgan fingerprint density at radius 2 is 2.00 bits per heavy atom. The van der Waals surface area contributed by atoms with E-state index in [0.717, 1.165) is 4.90 Å². The van der Waals surface area contributed by atoms with Gasteiger partial charge in [-0.1, -0.05) is 15.9 Å². The van der Waals surface area contributed by atoms with E-state index in [0.29, 0.717) is 4.47 Å². The Hall–Kier alpha value is -1.73. The molecule has 1 N–H and O–H groups in total. The first-order chi connectivity index (χ1) is 8.95. The molecule has 2 amide bonds. The summed E-state index contributed by atoms with van der Waals surface area (Å²) in [7, 11) is 1.22. The number of rotatable bonds is 4. The maximum atomic E-state index is 12.1. The minimum Gasteiger partial charge on any atom is -0.479 e. The number of carboxylic acid groups (broad SMARTS) is 1. The summed E-state index contributed by atoms with van der Waals surface area (Å²) >= 11 is 3.22. The molecular weight excluding hydrogens is 318 g/mol. The summed E-state index contributed by atoms with van der Waals surface area (Å²) in [6.07, 6.45) is -1.23. The van der Waals surface area contributed by atoms with Crippen molar-refractivity contribution in [1.29, 1.82) is 0 Å². The van der Waals surface area contributed by atoms with Crippen LogP contribution in [0.3, 0.4) is 0 Å². The van der Waals surface area contributed by atoms with E-state index >= 15 is 0 Å². The first kappa shape index (κ1) is 13.7. The predicted octanol–water partition coefficient (Wildman–Crippen LogP) is 1.14. The molecule has 0 spiro atoms. The SMILES string of the molecule is COC(CN1C(=O)c2ccc(Br)cc2C1=O)C(=O)O. The van der Waals surface area contributed by atoms with Gasteiger partial charge in [0.2, 0.25) is 0 Å². The second-order valence-electron chi connectivity index (χ2n) is 3.97. The molecule has 0 saturated heterocycles. The molecule has 0 bridgehead atoms. The number of carbonyl (C=O) groups excluding carboxylic acids is 2. The molecule has 1 aromatic carbocycles. The van der Waals surface area contributed by atoms with Crippen LogP contribution in [0.25, 0.3) is 0 Å². The first-order valence-electron chi connectivity index (χ1n) is 5.37. The zero-order valence-electron chi connectivity index (χ0n) is 9.92. The first-order valence-corrected chi connectivity index (χ1v) is 6.16. The van der Waals surface area contributed by atoms with Gasteiger partial charge in [-0.15, -0.1) is 0 Å². The van der Waals surface area contributed by atoms with Gasteiger partial charge < -0.3 is 9.84 Å². The lowest BCUT2D eigenvalue weighted by molar-refractivity contribution is -0.148. The standard InChI is InChI=1S/C12H10BrNO5/c1-19-9(12(17)18)5-14-10(15)7-3-2-6(13)4-8(7)11(14)16/h2-4,9H,5H2,1H3,(H,17,18). The number of amides is 2. The molecule has 1 heterocycles. The van der Waals surface area contributed by atoms with Crippen LogP contribution in [0.15, 0.2) is 22.7 Å². The molecule has 0 saturated carbocycles. The van der Waals surface area contributed by atoms with Gasteiger partial charge in [-0.05, 0) is 18.2 Å². The van der Waals surface area contributed by atoms with Crippen LogP contribution in [0.5, 0.6) is 0 Å². The highest BCUT2D eigenvalue weighted by molar-refractivity contribution is 9.10. The number of fused-ring (bicyclic) bond motifs is 1. The van der Waals surface area contributed by atoms with Crippen LogP contribution in [0.2, 0.25) is 0 Å².